The molecule has 8 nitrogen and oxygen atoms in total. The van der Waals surface area contributed by atoms with E-state index in [1.165, 1.54) is 11.0 Å². The van der Waals surface area contributed by atoms with Crippen molar-refractivity contribution in [3.63, 3.8) is 0 Å². The quantitative estimate of drug-likeness (QED) is 0.305. The average Bonchev–Trinajstić information content (AvgIpc) is 2.93. The number of nitrogens with one attached hydrogen (secondary N) is 1. The zero-order chi connectivity index (χ0) is 29.7. The molecule has 2 unspecified atom stereocenters. The maximum absolute atomic E-state index is 13.7. The van der Waals surface area contributed by atoms with Crippen LogP contribution in [0.3, 0.4) is 0 Å². The van der Waals surface area contributed by atoms with Gasteiger partial charge in [-0.1, -0.05) is 44.7 Å². The summed E-state index contributed by atoms with van der Waals surface area (Å²) in [6, 6.07) is 9.76. The van der Waals surface area contributed by atoms with E-state index >= 15 is 0 Å². The average molecular weight is 562 g/mol. The van der Waals surface area contributed by atoms with Gasteiger partial charge in [0.05, 0.1) is 31.2 Å². The van der Waals surface area contributed by atoms with E-state index in [0.717, 1.165) is 0 Å². The molecule has 40 heavy (non-hydrogen) atoms. The summed E-state index contributed by atoms with van der Waals surface area (Å²) in [7, 11) is 0. The number of alkyl halides is 3. The summed E-state index contributed by atoms with van der Waals surface area (Å²) < 4.78 is 46.8. The van der Waals surface area contributed by atoms with Crippen LogP contribution in [0.5, 0.6) is 5.75 Å². The first-order chi connectivity index (χ1) is 18.9. The lowest BCUT2D eigenvalue weighted by atomic mass is 9.88. The van der Waals surface area contributed by atoms with Gasteiger partial charge in [-0.15, -0.1) is 0 Å². The standard InChI is InChI=1S/C29H38F3N5O3/c1-5-28(6-2)15-24(38)37(27(34)36-28)17-21-14-19(12-13-23(21)40-7-3)18(4)35-25(26(39)29(30,31)32)22-11-9-8-10-20(22)16-33/h8-14,25-26,35,39H,4-7,15-17,33H2,1-3H3,(H2,34,36). The molecular formula is C29H38F3N5O3. The first-order valence-electron chi connectivity index (χ1n) is 13.3. The molecule has 0 spiro atoms. The summed E-state index contributed by atoms with van der Waals surface area (Å²) in [6.07, 6.45) is -6.06. The molecule has 1 amide bonds. The molecular weight excluding hydrogens is 523 g/mol. The van der Waals surface area contributed by atoms with Crippen LogP contribution < -0.4 is 21.5 Å². The molecule has 0 aromatic heterocycles. The highest BCUT2D eigenvalue weighted by Crippen LogP contribution is 2.35. The van der Waals surface area contributed by atoms with E-state index < -0.39 is 23.9 Å². The molecule has 0 fully saturated rings. The third-order valence-corrected chi connectivity index (χ3v) is 7.35. The molecule has 3 rings (SSSR count). The first-order valence-corrected chi connectivity index (χ1v) is 13.3. The van der Waals surface area contributed by atoms with Crippen LogP contribution in [-0.4, -0.2) is 46.3 Å². The van der Waals surface area contributed by atoms with Crippen molar-refractivity contribution in [3.8, 4) is 5.75 Å². The predicted molar refractivity (Wildman–Crippen MR) is 149 cm³/mol. The summed E-state index contributed by atoms with van der Waals surface area (Å²) in [6.45, 7) is 10.1. The third-order valence-electron chi connectivity index (χ3n) is 7.35. The van der Waals surface area contributed by atoms with Gasteiger partial charge >= 0.3 is 6.18 Å². The van der Waals surface area contributed by atoms with E-state index in [1.54, 1.807) is 36.4 Å². The van der Waals surface area contributed by atoms with Crippen molar-refractivity contribution in [2.45, 2.75) is 77.0 Å². The van der Waals surface area contributed by atoms with Gasteiger partial charge < -0.3 is 26.6 Å². The number of nitrogens with two attached hydrogens (primary N) is 2. The number of aliphatic hydroxyl groups excluding tert-OH is 1. The van der Waals surface area contributed by atoms with Gasteiger partial charge in [0.1, 0.15) is 5.75 Å². The third kappa shape index (κ3) is 6.76. The number of halogens is 3. The van der Waals surface area contributed by atoms with Gasteiger partial charge in [0.2, 0.25) is 5.91 Å². The Morgan fingerprint density at radius 1 is 1.20 bits per heavy atom. The Hall–Kier alpha value is -3.57. The Kier molecular flexibility index (Phi) is 9.86. The molecule has 1 aliphatic heterocycles. The highest BCUT2D eigenvalue weighted by Gasteiger charge is 2.45. The number of carbonyl (C=O) groups excluding carboxylic acids is 1. The summed E-state index contributed by atoms with van der Waals surface area (Å²) in [5, 5.41) is 13.0. The van der Waals surface area contributed by atoms with E-state index in [9.17, 15) is 23.1 Å². The molecule has 0 aliphatic carbocycles. The maximum Gasteiger partial charge on any atom is 0.416 e. The molecule has 2 atom stereocenters. The number of hydrogen-bond donors (Lipinski definition) is 4. The molecule has 2 aromatic carbocycles. The van der Waals surface area contributed by atoms with Crippen LogP contribution >= 0.6 is 0 Å². The van der Waals surface area contributed by atoms with E-state index in [4.69, 9.17) is 16.2 Å². The van der Waals surface area contributed by atoms with Gasteiger partial charge in [-0.25, -0.2) is 4.99 Å². The van der Waals surface area contributed by atoms with Crippen molar-refractivity contribution in [3.05, 3.63) is 71.3 Å². The van der Waals surface area contributed by atoms with Crippen molar-refractivity contribution < 1.29 is 27.8 Å². The van der Waals surface area contributed by atoms with Crippen LogP contribution in [0.4, 0.5) is 13.2 Å². The second-order valence-electron chi connectivity index (χ2n) is 9.80. The molecule has 2 aromatic rings. The fraction of sp³-hybridized carbons (Fsp3) is 0.448. The number of aliphatic hydroxyl groups is 1. The predicted octanol–water partition coefficient (Wildman–Crippen LogP) is 4.37. The van der Waals surface area contributed by atoms with Gasteiger partial charge in [-0.3, -0.25) is 9.69 Å². The number of benzene rings is 2. The molecule has 6 N–H and O–H groups in total. The molecule has 0 saturated carbocycles. The normalized spacial score (nSPS) is 16.8. The number of ether oxygens (including phenoxy) is 1. The van der Waals surface area contributed by atoms with Crippen molar-refractivity contribution in [2.75, 3.05) is 6.61 Å². The van der Waals surface area contributed by atoms with Crippen molar-refractivity contribution in [2.24, 2.45) is 16.5 Å². The number of rotatable bonds is 12. The van der Waals surface area contributed by atoms with E-state index in [2.05, 4.69) is 16.9 Å². The van der Waals surface area contributed by atoms with E-state index in [0.29, 0.717) is 41.9 Å². The smallest absolute Gasteiger partial charge is 0.416 e. The largest absolute Gasteiger partial charge is 0.494 e. The lowest BCUT2D eigenvalue weighted by molar-refractivity contribution is -0.212. The minimum Gasteiger partial charge on any atom is -0.494 e. The minimum absolute atomic E-state index is 0.0111. The maximum atomic E-state index is 13.7. The summed E-state index contributed by atoms with van der Waals surface area (Å²) in [4.78, 5) is 19.1. The minimum atomic E-state index is -4.90. The molecule has 11 heteroatoms. The monoisotopic (exact) mass is 561 g/mol. The van der Waals surface area contributed by atoms with Crippen LogP contribution in [0.1, 0.15) is 68.3 Å². The lowest BCUT2D eigenvalue weighted by Crippen LogP contribution is -2.50. The highest BCUT2D eigenvalue weighted by molar-refractivity contribution is 5.99. The summed E-state index contributed by atoms with van der Waals surface area (Å²) >= 11 is 0. The zero-order valence-electron chi connectivity index (χ0n) is 23.1. The number of aliphatic imine (C=N–C) groups is 1. The van der Waals surface area contributed by atoms with Gasteiger partial charge in [0.15, 0.2) is 12.1 Å². The highest BCUT2D eigenvalue weighted by atomic mass is 19.4. The molecule has 1 aliphatic rings. The first kappa shape index (κ1) is 31.0. The fourth-order valence-electron chi connectivity index (χ4n) is 4.84. The second-order valence-corrected chi connectivity index (χ2v) is 9.80. The number of hydrogen-bond acceptors (Lipinski definition) is 7. The Labute approximate surface area is 232 Å². The van der Waals surface area contributed by atoms with E-state index in [1.807, 2.05) is 20.8 Å². The van der Waals surface area contributed by atoms with Crippen LogP contribution in [0.15, 0.2) is 54.0 Å². The van der Waals surface area contributed by atoms with Crippen LogP contribution in [0.2, 0.25) is 0 Å². The zero-order valence-corrected chi connectivity index (χ0v) is 23.1. The number of nitrogens with zero attached hydrogens (tertiary/aromatic N) is 2. The Morgan fingerprint density at radius 2 is 1.88 bits per heavy atom. The van der Waals surface area contributed by atoms with Crippen molar-refractivity contribution >= 4 is 17.6 Å². The summed E-state index contributed by atoms with van der Waals surface area (Å²) in [5.41, 5.74) is 13.3. The molecule has 0 radical (unpaired) electrons. The van der Waals surface area contributed by atoms with Crippen LogP contribution in [0.25, 0.3) is 5.70 Å². The number of amides is 1. The Morgan fingerprint density at radius 3 is 2.45 bits per heavy atom. The fourth-order valence-corrected chi connectivity index (χ4v) is 4.84. The molecule has 218 valence electrons. The van der Waals surface area contributed by atoms with Gasteiger partial charge in [-0.2, -0.15) is 13.2 Å². The topological polar surface area (TPSA) is 126 Å². The van der Waals surface area contributed by atoms with Gasteiger partial charge in [0, 0.05) is 17.8 Å². The second kappa shape index (κ2) is 12.7. The number of carbonyl (C=O) groups is 1. The van der Waals surface area contributed by atoms with Crippen molar-refractivity contribution in [1.82, 2.24) is 10.2 Å². The Bertz CT molecular complexity index is 1240. The van der Waals surface area contributed by atoms with Gasteiger partial charge in [-0.05, 0) is 54.7 Å². The number of guanidine groups is 1. The van der Waals surface area contributed by atoms with Crippen LogP contribution in [-0.2, 0) is 17.9 Å². The molecule has 0 bridgehead atoms. The van der Waals surface area contributed by atoms with Crippen molar-refractivity contribution in [1.29, 1.82) is 0 Å². The molecule has 0 saturated heterocycles. The SMILES string of the molecule is C=C(NC(c1ccccc1CN)C(O)C(F)(F)F)c1ccc(OCC)c(CN2C(=O)CC(CC)(CC)N=C2N)c1. The Balaban J connectivity index is 1.97. The van der Waals surface area contributed by atoms with Crippen LogP contribution in [0, 0.1) is 0 Å². The lowest BCUT2D eigenvalue weighted by Gasteiger charge is -2.36. The molecule has 1 heterocycles. The summed E-state index contributed by atoms with van der Waals surface area (Å²) in [5.74, 6) is 0.423. The van der Waals surface area contributed by atoms with E-state index in [-0.39, 0.29) is 42.6 Å². The van der Waals surface area contributed by atoms with Gasteiger partial charge in [0.25, 0.3) is 0 Å².